The topological polar surface area (TPSA) is 146 Å². The zero-order valence-electron chi connectivity index (χ0n) is 31.0. The van der Waals surface area contributed by atoms with Crippen LogP contribution in [0.1, 0.15) is 65.7 Å². The average Bonchev–Trinajstić information content (AvgIpc) is 3.70. The Labute approximate surface area is 312 Å². The van der Waals surface area contributed by atoms with Crippen LogP contribution in [0.4, 0.5) is 25.4 Å². The van der Waals surface area contributed by atoms with Crippen LogP contribution in [0, 0.1) is 11.6 Å². The molecule has 1 atom stereocenters. The zero-order valence-corrected chi connectivity index (χ0v) is 32.7. The molecule has 3 heterocycles. The normalized spacial score (nSPS) is 15.5. The van der Waals surface area contributed by atoms with Crippen molar-refractivity contribution in [1.29, 1.82) is 0 Å². The third-order valence-corrected chi connectivity index (χ3v) is 10.7. The number of anilines is 3. The highest BCUT2D eigenvalue weighted by molar-refractivity contribution is 7.48. The second-order valence-corrected chi connectivity index (χ2v) is 17.2. The van der Waals surface area contributed by atoms with Gasteiger partial charge in [0.1, 0.15) is 12.1 Å². The maximum absolute atomic E-state index is 13.5. The van der Waals surface area contributed by atoms with E-state index in [0.717, 1.165) is 44.5 Å². The Morgan fingerprint density at radius 3 is 2.47 bits per heavy atom. The molecular formula is C36H47F2N6O7PS. The van der Waals surface area contributed by atoms with Crippen LogP contribution in [0.3, 0.4) is 0 Å². The van der Waals surface area contributed by atoms with E-state index in [0.29, 0.717) is 44.8 Å². The van der Waals surface area contributed by atoms with Gasteiger partial charge >= 0.3 is 7.82 Å². The Morgan fingerprint density at radius 2 is 1.77 bits per heavy atom. The van der Waals surface area contributed by atoms with Crippen molar-refractivity contribution in [2.75, 3.05) is 44.0 Å². The number of nitrogens with zero attached hydrogens (tertiary/aromatic N) is 4. The Bertz CT molecular complexity index is 1920. The number of phosphoric ester groups is 1. The maximum atomic E-state index is 13.5. The number of carbonyl (C=O) groups is 1. The molecule has 1 aliphatic heterocycles. The van der Waals surface area contributed by atoms with Crippen LogP contribution >= 0.6 is 19.2 Å². The van der Waals surface area contributed by atoms with Crippen molar-refractivity contribution in [3.05, 3.63) is 59.4 Å². The molecule has 0 bridgehead atoms. The Balaban J connectivity index is 1.15. The number of amides is 1. The lowest BCUT2D eigenvalue weighted by Crippen LogP contribution is -2.35. The van der Waals surface area contributed by atoms with E-state index in [1.54, 1.807) is 25.4 Å². The molecular weight excluding hydrogens is 729 g/mol. The first-order chi connectivity index (χ1) is 25.0. The summed E-state index contributed by atoms with van der Waals surface area (Å²) in [7, 11) is -2.24. The molecule has 1 saturated heterocycles. The van der Waals surface area contributed by atoms with Gasteiger partial charge in [-0.15, -0.1) is 11.3 Å². The third-order valence-electron chi connectivity index (χ3n) is 7.78. The number of likely N-dealkylation sites (tertiary alicyclic amines) is 1. The lowest BCUT2D eigenvalue weighted by Gasteiger charge is -2.32. The predicted molar refractivity (Wildman–Crippen MR) is 200 cm³/mol. The first kappa shape index (κ1) is 40.4. The molecule has 2 N–H and O–H groups in total. The van der Waals surface area contributed by atoms with Crippen LogP contribution in [0.25, 0.3) is 10.9 Å². The van der Waals surface area contributed by atoms with Crippen LogP contribution in [-0.2, 0) is 29.4 Å². The van der Waals surface area contributed by atoms with Gasteiger partial charge in [0.05, 0.1) is 43.5 Å². The van der Waals surface area contributed by atoms with Crippen LogP contribution in [0.2, 0.25) is 0 Å². The number of aromatic nitrogens is 3. The average molecular weight is 777 g/mol. The molecule has 1 amide bonds. The Hall–Kier alpha value is -3.79. The number of hydrogen-bond acceptors (Lipinski definition) is 13. The van der Waals surface area contributed by atoms with E-state index in [2.05, 4.69) is 30.5 Å². The van der Waals surface area contributed by atoms with Gasteiger partial charge < -0.3 is 20.1 Å². The SMILES string of the molecule is COc1cc2c(Nc3ncc(CC(=O)Nc4ccc(F)c(F)c4)s3)ncnc2cc1OCCCN1CCC[C@H]1COP(=O)(OC(C)(C)C)OC(C)(C)C. The molecule has 1 fully saturated rings. The molecule has 4 aromatic rings. The summed E-state index contributed by atoms with van der Waals surface area (Å²) in [6.07, 6.45) is 5.63. The summed E-state index contributed by atoms with van der Waals surface area (Å²) in [5.41, 5.74) is -0.621. The monoisotopic (exact) mass is 776 g/mol. The number of nitrogens with one attached hydrogen (secondary N) is 2. The van der Waals surface area contributed by atoms with Crippen molar-refractivity contribution in [3.63, 3.8) is 0 Å². The minimum absolute atomic E-state index is 0.00945. The Kier molecular flexibility index (Phi) is 13.1. The van der Waals surface area contributed by atoms with E-state index in [1.165, 1.54) is 23.7 Å². The molecule has 13 nitrogen and oxygen atoms in total. The van der Waals surface area contributed by atoms with Crippen LogP contribution in [0.5, 0.6) is 11.5 Å². The minimum atomic E-state index is -3.80. The summed E-state index contributed by atoms with van der Waals surface area (Å²) >= 11 is 1.25. The smallest absolute Gasteiger partial charge is 0.475 e. The number of rotatable bonds is 16. The van der Waals surface area contributed by atoms with Crippen molar-refractivity contribution in [2.45, 2.75) is 84.5 Å². The molecule has 53 heavy (non-hydrogen) atoms. The molecule has 0 saturated carbocycles. The van der Waals surface area contributed by atoms with Gasteiger partial charge in [-0.05, 0) is 85.5 Å². The highest BCUT2D eigenvalue weighted by atomic mass is 32.1. The second-order valence-electron chi connectivity index (χ2n) is 14.5. The molecule has 17 heteroatoms. The number of ether oxygens (including phenoxy) is 2. The van der Waals surface area contributed by atoms with Gasteiger partial charge in [-0.25, -0.2) is 28.3 Å². The fraction of sp³-hybridized carbons (Fsp3) is 0.500. The minimum Gasteiger partial charge on any atom is -0.493 e. The summed E-state index contributed by atoms with van der Waals surface area (Å²) < 4.78 is 69.6. The van der Waals surface area contributed by atoms with Gasteiger partial charge in [0.2, 0.25) is 5.91 Å². The van der Waals surface area contributed by atoms with Gasteiger partial charge in [-0.3, -0.25) is 23.3 Å². The van der Waals surface area contributed by atoms with Crippen LogP contribution in [-0.4, -0.2) is 76.4 Å². The molecule has 2 aromatic heterocycles. The van der Waals surface area contributed by atoms with E-state index < -0.39 is 36.6 Å². The van der Waals surface area contributed by atoms with Crippen LogP contribution < -0.4 is 20.1 Å². The second kappa shape index (κ2) is 17.1. The number of carbonyl (C=O) groups excluding carboxylic acids is 1. The molecule has 1 aliphatic rings. The molecule has 5 rings (SSSR count). The summed E-state index contributed by atoms with van der Waals surface area (Å²) in [6, 6.07) is 6.84. The van der Waals surface area contributed by atoms with Gasteiger partial charge in [-0.2, -0.15) is 0 Å². The first-order valence-electron chi connectivity index (χ1n) is 17.3. The summed E-state index contributed by atoms with van der Waals surface area (Å²) in [5.74, 6) is -0.905. The molecule has 0 aliphatic carbocycles. The first-order valence-corrected chi connectivity index (χ1v) is 19.6. The highest BCUT2D eigenvalue weighted by Crippen LogP contribution is 2.55. The van der Waals surface area contributed by atoms with E-state index in [4.69, 9.17) is 23.0 Å². The fourth-order valence-corrected chi connectivity index (χ4v) is 8.32. The van der Waals surface area contributed by atoms with Crippen molar-refractivity contribution < 1.29 is 41.2 Å². The van der Waals surface area contributed by atoms with Gasteiger partial charge in [-0.1, -0.05) is 0 Å². The van der Waals surface area contributed by atoms with E-state index >= 15 is 0 Å². The number of hydrogen-bond donors (Lipinski definition) is 2. The standard InChI is InChI=1S/C36H47F2N6O7PS/c1-35(2,3)50-52(46,51-36(4,5)6)49-21-24-10-8-13-44(24)14-9-15-48-31-19-29-26(18-30(31)47-7)33(41-22-40-29)43-34-39-20-25(53-34)17-32(45)42-23-11-12-27(37)28(38)16-23/h11-12,16,18-20,22,24H,8-10,13-15,17,21H2,1-7H3,(H,42,45)(H,39,40,41,43)/t24-/m0/s1. The number of fused-ring (bicyclic) bond motifs is 1. The number of thiazole rings is 1. The van der Waals surface area contributed by atoms with E-state index in [9.17, 15) is 18.1 Å². The fourth-order valence-electron chi connectivity index (χ4n) is 5.67. The molecule has 0 unspecified atom stereocenters. The molecule has 2 aromatic carbocycles. The number of methoxy groups -OCH3 is 1. The molecule has 288 valence electrons. The quantitative estimate of drug-likeness (QED) is 0.0834. The third kappa shape index (κ3) is 11.8. The summed E-state index contributed by atoms with van der Waals surface area (Å²) in [4.78, 5) is 28.6. The summed E-state index contributed by atoms with van der Waals surface area (Å²) in [6.45, 7) is 13.2. The molecule has 0 spiro atoms. The van der Waals surface area contributed by atoms with Crippen molar-refractivity contribution in [2.24, 2.45) is 0 Å². The van der Waals surface area contributed by atoms with Crippen LogP contribution in [0.15, 0.2) is 42.9 Å². The Morgan fingerprint density at radius 1 is 1.02 bits per heavy atom. The number of phosphoric acid groups is 1. The number of benzene rings is 2. The molecule has 0 radical (unpaired) electrons. The summed E-state index contributed by atoms with van der Waals surface area (Å²) in [5, 5.41) is 6.92. The predicted octanol–water partition coefficient (Wildman–Crippen LogP) is 8.29. The number of halogens is 2. The lowest BCUT2D eigenvalue weighted by molar-refractivity contribution is -0.115. The van der Waals surface area contributed by atoms with E-state index in [-0.39, 0.29) is 24.8 Å². The van der Waals surface area contributed by atoms with Gasteiger partial charge in [0, 0.05) is 46.9 Å². The van der Waals surface area contributed by atoms with Gasteiger partial charge in [0.25, 0.3) is 0 Å². The highest BCUT2D eigenvalue weighted by Gasteiger charge is 2.38. The van der Waals surface area contributed by atoms with Gasteiger partial charge in [0.15, 0.2) is 28.3 Å². The van der Waals surface area contributed by atoms with Crippen molar-refractivity contribution in [1.82, 2.24) is 19.9 Å². The maximum Gasteiger partial charge on any atom is 0.475 e. The van der Waals surface area contributed by atoms with Crippen molar-refractivity contribution >= 4 is 52.6 Å². The van der Waals surface area contributed by atoms with E-state index in [1.807, 2.05) is 41.5 Å². The largest absolute Gasteiger partial charge is 0.493 e. The van der Waals surface area contributed by atoms with Crippen molar-refractivity contribution in [3.8, 4) is 11.5 Å². The zero-order chi connectivity index (χ0) is 38.4. The lowest BCUT2D eigenvalue weighted by atomic mass is 10.2.